The summed E-state index contributed by atoms with van der Waals surface area (Å²) >= 11 is 0. The summed E-state index contributed by atoms with van der Waals surface area (Å²) in [7, 11) is -1.87. The van der Waals surface area contributed by atoms with Crippen molar-refractivity contribution in [3.63, 3.8) is 0 Å². The van der Waals surface area contributed by atoms with Gasteiger partial charge in [0.15, 0.2) is 0 Å². The van der Waals surface area contributed by atoms with Crippen LogP contribution in [0.2, 0.25) is 13.1 Å². The van der Waals surface area contributed by atoms with Gasteiger partial charge in [0.25, 0.3) is 0 Å². The highest BCUT2D eigenvalue weighted by Crippen LogP contribution is 2.13. The minimum absolute atomic E-state index is 0.594. The van der Waals surface area contributed by atoms with Gasteiger partial charge in [-0.25, -0.2) is 0 Å². The molecule has 2 nitrogen and oxygen atoms in total. The highest BCUT2D eigenvalue weighted by Gasteiger charge is 2.24. The maximum absolute atomic E-state index is 5.99. The molecule has 140 valence electrons. The Hall–Kier alpha value is 0.137. The Kier molecular flexibility index (Phi) is 15.7. The van der Waals surface area contributed by atoms with Crippen LogP contribution < -0.4 is 0 Å². The van der Waals surface area contributed by atoms with E-state index < -0.39 is 8.56 Å². The van der Waals surface area contributed by atoms with E-state index in [1.54, 1.807) is 0 Å². The predicted molar refractivity (Wildman–Crippen MR) is 105 cm³/mol. The van der Waals surface area contributed by atoms with Crippen molar-refractivity contribution >= 4 is 8.56 Å². The summed E-state index contributed by atoms with van der Waals surface area (Å²) in [6.07, 6.45) is 16.7. The minimum Gasteiger partial charge on any atom is -0.395 e. The summed E-state index contributed by atoms with van der Waals surface area (Å²) < 4.78 is 11.9. The molecule has 0 unspecified atom stereocenters. The summed E-state index contributed by atoms with van der Waals surface area (Å²) in [5.41, 5.74) is 0. The first kappa shape index (κ1) is 23.1. The molecule has 3 heteroatoms. The summed E-state index contributed by atoms with van der Waals surface area (Å²) in [5.74, 6) is 0.594. The maximum Gasteiger partial charge on any atom is 0.331 e. The summed E-state index contributed by atoms with van der Waals surface area (Å²) in [4.78, 5) is 0. The van der Waals surface area contributed by atoms with Crippen molar-refractivity contribution in [2.75, 3.05) is 13.2 Å². The number of hydrogen-bond donors (Lipinski definition) is 0. The van der Waals surface area contributed by atoms with Gasteiger partial charge in [-0.15, -0.1) is 0 Å². The third kappa shape index (κ3) is 18.3. The van der Waals surface area contributed by atoms with Gasteiger partial charge >= 0.3 is 8.56 Å². The molecule has 0 spiro atoms. The molecule has 0 atom stereocenters. The van der Waals surface area contributed by atoms with Gasteiger partial charge in [-0.1, -0.05) is 91.4 Å². The van der Waals surface area contributed by atoms with Crippen LogP contribution >= 0.6 is 0 Å². The molecule has 0 N–H and O–H groups in total. The van der Waals surface area contributed by atoms with E-state index in [-0.39, 0.29) is 0 Å². The Morgan fingerprint density at radius 1 is 0.652 bits per heavy atom. The summed E-state index contributed by atoms with van der Waals surface area (Å²) in [6, 6.07) is 0. The van der Waals surface area contributed by atoms with Gasteiger partial charge in [0.1, 0.15) is 0 Å². The topological polar surface area (TPSA) is 18.5 Å². The van der Waals surface area contributed by atoms with Crippen LogP contribution in [0.1, 0.15) is 97.8 Å². The van der Waals surface area contributed by atoms with Crippen LogP contribution in [0.25, 0.3) is 0 Å². The van der Waals surface area contributed by atoms with Crippen molar-refractivity contribution < 1.29 is 8.85 Å². The molecule has 0 aromatic heterocycles. The first-order chi connectivity index (χ1) is 11.0. The van der Waals surface area contributed by atoms with Gasteiger partial charge in [-0.3, -0.25) is 0 Å². The lowest BCUT2D eigenvalue weighted by Crippen LogP contribution is -2.36. The van der Waals surface area contributed by atoms with Crippen LogP contribution in [0.3, 0.4) is 0 Å². The van der Waals surface area contributed by atoms with E-state index in [1.807, 2.05) is 0 Å². The fourth-order valence-corrected chi connectivity index (χ4v) is 4.12. The molecular formula is C20H44O2Si. The van der Waals surface area contributed by atoms with Crippen molar-refractivity contribution in [3.8, 4) is 0 Å². The third-order valence-electron chi connectivity index (χ3n) is 4.21. The largest absolute Gasteiger partial charge is 0.395 e. The van der Waals surface area contributed by atoms with E-state index >= 15 is 0 Å². The van der Waals surface area contributed by atoms with E-state index in [4.69, 9.17) is 8.85 Å². The van der Waals surface area contributed by atoms with E-state index in [0.29, 0.717) is 5.92 Å². The van der Waals surface area contributed by atoms with Gasteiger partial charge in [0.05, 0.1) is 0 Å². The molecule has 0 aliphatic rings. The van der Waals surface area contributed by atoms with Gasteiger partial charge in [0.2, 0.25) is 0 Å². The quantitative estimate of drug-likeness (QED) is 0.207. The minimum atomic E-state index is -1.87. The fourth-order valence-electron chi connectivity index (χ4n) is 2.67. The molecule has 0 amide bonds. The highest BCUT2D eigenvalue weighted by atomic mass is 28.4. The standard InChI is InChI=1S/C20H44O2Si/c1-6-7-8-9-10-11-12-13-14-15-16-17-18-21-23(4,5)22-19-20(2)3/h20H,6-19H2,1-5H3. The van der Waals surface area contributed by atoms with Crippen LogP contribution in [-0.2, 0) is 8.85 Å². The molecule has 0 rings (SSSR count). The molecule has 0 fully saturated rings. The first-order valence-corrected chi connectivity index (χ1v) is 13.1. The molecule has 0 heterocycles. The summed E-state index contributed by atoms with van der Waals surface area (Å²) in [6.45, 7) is 12.7. The molecule has 23 heavy (non-hydrogen) atoms. The lowest BCUT2D eigenvalue weighted by Gasteiger charge is -2.24. The van der Waals surface area contributed by atoms with Gasteiger partial charge in [-0.05, 0) is 25.4 Å². The molecule has 0 saturated carbocycles. The second-order valence-corrected chi connectivity index (χ2v) is 11.2. The van der Waals surface area contributed by atoms with E-state index in [2.05, 4.69) is 33.9 Å². The van der Waals surface area contributed by atoms with Crippen molar-refractivity contribution in [1.82, 2.24) is 0 Å². The number of rotatable bonds is 17. The monoisotopic (exact) mass is 344 g/mol. The predicted octanol–water partition coefficient (Wildman–Crippen LogP) is 7.08. The lowest BCUT2D eigenvalue weighted by atomic mass is 10.1. The molecule has 0 saturated heterocycles. The van der Waals surface area contributed by atoms with Crippen molar-refractivity contribution in [1.29, 1.82) is 0 Å². The second-order valence-electron chi connectivity index (χ2n) is 7.84. The maximum atomic E-state index is 5.99. The molecule has 0 aliphatic carbocycles. The normalized spacial score (nSPS) is 12.3. The second kappa shape index (κ2) is 15.7. The summed E-state index contributed by atoms with van der Waals surface area (Å²) in [5, 5.41) is 0. The van der Waals surface area contributed by atoms with Crippen LogP contribution in [0.4, 0.5) is 0 Å². The Morgan fingerprint density at radius 2 is 1.09 bits per heavy atom. The molecule has 0 aromatic rings. The Morgan fingerprint density at radius 3 is 1.52 bits per heavy atom. The number of hydrogen-bond acceptors (Lipinski definition) is 2. The first-order valence-electron chi connectivity index (χ1n) is 10.3. The van der Waals surface area contributed by atoms with Crippen LogP contribution in [-0.4, -0.2) is 21.8 Å². The fraction of sp³-hybridized carbons (Fsp3) is 1.00. The van der Waals surface area contributed by atoms with Gasteiger partial charge < -0.3 is 8.85 Å². The molecular weight excluding hydrogens is 300 g/mol. The Labute approximate surface area is 148 Å². The zero-order valence-corrected chi connectivity index (χ0v) is 17.8. The smallest absolute Gasteiger partial charge is 0.331 e. The van der Waals surface area contributed by atoms with Crippen LogP contribution in [0.5, 0.6) is 0 Å². The van der Waals surface area contributed by atoms with E-state index in [1.165, 1.54) is 77.0 Å². The Balaban J connectivity index is 3.24. The average molecular weight is 345 g/mol. The van der Waals surface area contributed by atoms with E-state index in [9.17, 15) is 0 Å². The van der Waals surface area contributed by atoms with Crippen LogP contribution in [0.15, 0.2) is 0 Å². The van der Waals surface area contributed by atoms with Crippen molar-refractivity contribution in [2.24, 2.45) is 5.92 Å². The molecule has 0 aliphatic heterocycles. The highest BCUT2D eigenvalue weighted by molar-refractivity contribution is 6.64. The van der Waals surface area contributed by atoms with Crippen molar-refractivity contribution in [2.45, 2.75) is 111 Å². The third-order valence-corrected chi connectivity index (χ3v) is 5.97. The van der Waals surface area contributed by atoms with E-state index in [0.717, 1.165) is 13.2 Å². The zero-order valence-electron chi connectivity index (χ0n) is 16.8. The molecule has 0 radical (unpaired) electrons. The molecule has 0 aromatic carbocycles. The zero-order chi connectivity index (χ0) is 17.4. The number of unbranched alkanes of at least 4 members (excludes halogenated alkanes) is 11. The van der Waals surface area contributed by atoms with Crippen LogP contribution in [0, 0.1) is 5.92 Å². The molecule has 0 bridgehead atoms. The lowest BCUT2D eigenvalue weighted by molar-refractivity contribution is 0.159. The average Bonchev–Trinajstić information content (AvgIpc) is 2.50. The SMILES string of the molecule is CCCCCCCCCCCCCCO[Si](C)(C)OCC(C)C. The van der Waals surface area contributed by atoms with Gasteiger partial charge in [0, 0.05) is 13.2 Å². The Bertz CT molecular complexity index is 242. The van der Waals surface area contributed by atoms with Gasteiger partial charge in [-0.2, -0.15) is 0 Å². The van der Waals surface area contributed by atoms with Crippen molar-refractivity contribution in [3.05, 3.63) is 0 Å².